The van der Waals surface area contributed by atoms with Gasteiger partial charge >= 0.3 is 5.97 Å². The van der Waals surface area contributed by atoms with Crippen molar-refractivity contribution >= 4 is 18.2 Å². The molecule has 3 rings (SSSR count). The first-order valence-electron chi connectivity index (χ1n) is 9.53. The molecule has 0 atom stereocenters. The molecule has 3 N–H and O–H groups in total. The predicted octanol–water partition coefficient (Wildman–Crippen LogP) is 1.68. The molecule has 1 fully saturated rings. The van der Waals surface area contributed by atoms with Crippen LogP contribution in [0.25, 0.3) is 0 Å². The Bertz CT molecular complexity index is 574. The van der Waals surface area contributed by atoms with Crippen LogP contribution in [-0.4, -0.2) is 60.1 Å². The van der Waals surface area contributed by atoms with Crippen LogP contribution in [0, 0.1) is 0 Å². The van der Waals surface area contributed by atoms with Gasteiger partial charge in [-0.1, -0.05) is 6.07 Å². The molecule has 2 aliphatic heterocycles. The van der Waals surface area contributed by atoms with Crippen molar-refractivity contribution in [2.75, 3.05) is 38.0 Å². The third kappa shape index (κ3) is 7.39. The SMILES string of the molecule is O=C(O)CN1CCCC1.O=CNCCCCc1ccc2c(n1)NCCC2. The molecule has 2 aliphatic rings. The van der Waals surface area contributed by atoms with Crippen molar-refractivity contribution in [1.82, 2.24) is 15.2 Å². The van der Waals surface area contributed by atoms with Gasteiger partial charge in [-0.15, -0.1) is 0 Å². The fraction of sp³-hybridized carbons (Fsp3) is 0.632. The number of anilines is 1. The standard InChI is InChI=1S/C13H19N3O.C6H11NO2/c17-10-14-8-2-1-5-12-7-6-11-4-3-9-15-13(11)16-12;8-6(9)5-7-3-1-2-4-7/h6-7,10H,1-5,8-9H2,(H,14,17)(H,15,16);1-5H2,(H,8,9). The quantitative estimate of drug-likeness (QED) is 0.481. The molecule has 7 heteroatoms. The second-order valence-electron chi connectivity index (χ2n) is 6.75. The fourth-order valence-electron chi connectivity index (χ4n) is 3.23. The number of amides is 1. The number of likely N-dealkylation sites (tertiary alicyclic amines) is 1. The zero-order valence-electron chi connectivity index (χ0n) is 15.4. The van der Waals surface area contributed by atoms with Crippen molar-refractivity contribution in [3.05, 3.63) is 23.4 Å². The van der Waals surface area contributed by atoms with Gasteiger partial charge in [-0.05, 0) is 69.7 Å². The van der Waals surface area contributed by atoms with Crippen LogP contribution >= 0.6 is 0 Å². The largest absolute Gasteiger partial charge is 0.480 e. The molecule has 0 aliphatic carbocycles. The number of unbranched alkanes of at least 4 members (excludes halogenated alkanes) is 1. The normalized spacial score (nSPS) is 16.0. The highest BCUT2D eigenvalue weighted by atomic mass is 16.4. The minimum Gasteiger partial charge on any atom is -0.480 e. The number of hydrogen-bond acceptors (Lipinski definition) is 5. The molecular formula is C19H30N4O3. The Morgan fingerprint density at radius 1 is 1.27 bits per heavy atom. The van der Waals surface area contributed by atoms with Crippen LogP contribution in [0.2, 0.25) is 0 Å². The Balaban J connectivity index is 0.000000228. The van der Waals surface area contributed by atoms with Crippen LogP contribution in [0.1, 0.15) is 43.4 Å². The summed E-state index contributed by atoms with van der Waals surface area (Å²) in [4.78, 5) is 26.8. The monoisotopic (exact) mass is 362 g/mol. The van der Waals surface area contributed by atoms with E-state index in [1.165, 1.54) is 12.0 Å². The van der Waals surface area contributed by atoms with Gasteiger partial charge in [-0.3, -0.25) is 14.5 Å². The molecule has 1 saturated heterocycles. The minimum absolute atomic E-state index is 0.222. The van der Waals surface area contributed by atoms with E-state index in [2.05, 4.69) is 27.8 Å². The van der Waals surface area contributed by atoms with E-state index in [1.54, 1.807) is 0 Å². The molecule has 1 aromatic heterocycles. The highest BCUT2D eigenvalue weighted by Gasteiger charge is 2.13. The summed E-state index contributed by atoms with van der Waals surface area (Å²) < 4.78 is 0. The van der Waals surface area contributed by atoms with Crippen LogP contribution in [0.4, 0.5) is 5.82 Å². The van der Waals surface area contributed by atoms with E-state index >= 15 is 0 Å². The number of pyridine rings is 1. The Labute approximate surface area is 155 Å². The first-order valence-corrected chi connectivity index (χ1v) is 9.53. The molecule has 7 nitrogen and oxygen atoms in total. The molecule has 0 unspecified atom stereocenters. The van der Waals surface area contributed by atoms with Crippen LogP contribution in [-0.2, 0) is 22.4 Å². The number of rotatable bonds is 8. The number of aromatic nitrogens is 1. The van der Waals surface area contributed by atoms with E-state index in [0.29, 0.717) is 0 Å². The number of fused-ring (bicyclic) bond motifs is 1. The van der Waals surface area contributed by atoms with E-state index in [0.717, 1.165) is 82.6 Å². The fourth-order valence-corrected chi connectivity index (χ4v) is 3.23. The van der Waals surface area contributed by atoms with Gasteiger partial charge in [0.25, 0.3) is 0 Å². The second kappa shape index (κ2) is 11.5. The third-order valence-corrected chi connectivity index (χ3v) is 4.60. The molecule has 3 heterocycles. The van der Waals surface area contributed by atoms with E-state index in [4.69, 9.17) is 5.11 Å². The first kappa shape index (κ1) is 20.2. The summed E-state index contributed by atoms with van der Waals surface area (Å²) in [6.45, 7) is 3.94. The van der Waals surface area contributed by atoms with Gasteiger partial charge in [0.05, 0.1) is 6.54 Å². The Morgan fingerprint density at radius 3 is 2.81 bits per heavy atom. The topological polar surface area (TPSA) is 94.6 Å². The molecule has 0 aromatic carbocycles. The van der Waals surface area contributed by atoms with Crippen LogP contribution in [0.15, 0.2) is 12.1 Å². The maximum absolute atomic E-state index is 10.1. The maximum atomic E-state index is 10.1. The lowest BCUT2D eigenvalue weighted by Gasteiger charge is -2.17. The van der Waals surface area contributed by atoms with Gasteiger partial charge in [0.2, 0.25) is 6.41 Å². The number of nitrogens with zero attached hydrogens (tertiary/aromatic N) is 2. The highest BCUT2D eigenvalue weighted by molar-refractivity contribution is 5.69. The summed E-state index contributed by atoms with van der Waals surface area (Å²) in [6, 6.07) is 4.31. The molecule has 26 heavy (non-hydrogen) atoms. The minimum atomic E-state index is -0.711. The number of hydrogen-bond donors (Lipinski definition) is 3. The van der Waals surface area contributed by atoms with Crippen LogP contribution in [0.3, 0.4) is 0 Å². The lowest BCUT2D eigenvalue weighted by molar-refractivity contribution is -0.138. The van der Waals surface area contributed by atoms with E-state index in [-0.39, 0.29) is 6.54 Å². The van der Waals surface area contributed by atoms with Gasteiger partial charge in [0, 0.05) is 18.8 Å². The smallest absolute Gasteiger partial charge is 0.317 e. The van der Waals surface area contributed by atoms with E-state index < -0.39 is 5.97 Å². The van der Waals surface area contributed by atoms with Crippen molar-refractivity contribution in [3.63, 3.8) is 0 Å². The van der Waals surface area contributed by atoms with Gasteiger partial charge in [-0.25, -0.2) is 4.98 Å². The van der Waals surface area contributed by atoms with Crippen LogP contribution < -0.4 is 10.6 Å². The molecule has 0 spiro atoms. The molecule has 144 valence electrons. The molecule has 0 radical (unpaired) electrons. The van der Waals surface area contributed by atoms with Crippen molar-refractivity contribution < 1.29 is 14.7 Å². The third-order valence-electron chi connectivity index (χ3n) is 4.60. The van der Waals surface area contributed by atoms with Gasteiger partial charge < -0.3 is 15.7 Å². The molecule has 1 aromatic rings. The summed E-state index contributed by atoms with van der Waals surface area (Å²) in [5, 5.41) is 14.3. The molecule has 0 saturated carbocycles. The molecular weight excluding hydrogens is 332 g/mol. The number of carboxylic acid groups (broad SMARTS) is 1. The Kier molecular flexibility index (Phi) is 8.89. The van der Waals surface area contributed by atoms with Gasteiger partial charge in [-0.2, -0.15) is 0 Å². The summed E-state index contributed by atoms with van der Waals surface area (Å²) >= 11 is 0. The van der Waals surface area contributed by atoms with Gasteiger partial charge in [0.1, 0.15) is 5.82 Å². The highest BCUT2D eigenvalue weighted by Crippen LogP contribution is 2.20. The summed E-state index contributed by atoms with van der Waals surface area (Å²) in [7, 11) is 0. The predicted molar refractivity (Wildman–Crippen MR) is 101 cm³/mol. The number of carboxylic acids is 1. The number of carbonyl (C=O) groups is 2. The van der Waals surface area contributed by atoms with E-state index in [1.807, 2.05) is 4.90 Å². The zero-order valence-corrected chi connectivity index (χ0v) is 15.4. The number of aryl methyl sites for hydroxylation is 2. The van der Waals surface area contributed by atoms with Crippen molar-refractivity contribution in [2.24, 2.45) is 0 Å². The maximum Gasteiger partial charge on any atom is 0.317 e. The first-order chi connectivity index (χ1) is 12.7. The summed E-state index contributed by atoms with van der Waals surface area (Å²) in [5.41, 5.74) is 2.48. The van der Waals surface area contributed by atoms with Crippen molar-refractivity contribution in [2.45, 2.75) is 44.9 Å². The van der Waals surface area contributed by atoms with Crippen molar-refractivity contribution in [1.29, 1.82) is 0 Å². The number of aliphatic carboxylic acids is 1. The second-order valence-corrected chi connectivity index (χ2v) is 6.75. The number of carbonyl (C=O) groups excluding carboxylic acids is 1. The van der Waals surface area contributed by atoms with Gasteiger partial charge in [0.15, 0.2) is 0 Å². The van der Waals surface area contributed by atoms with Crippen LogP contribution in [0.5, 0.6) is 0 Å². The number of nitrogens with one attached hydrogen (secondary N) is 2. The molecule has 1 amide bonds. The lowest BCUT2D eigenvalue weighted by atomic mass is 10.1. The summed E-state index contributed by atoms with van der Waals surface area (Å²) in [5.74, 6) is 0.358. The average molecular weight is 362 g/mol. The average Bonchev–Trinajstić information content (AvgIpc) is 3.14. The lowest BCUT2D eigenvalue weighted by Crippen LogP contribution is -2.26. The zero-order chi connectivity index (χ0) is 18.6. The summed E-state index contributed by atoms with van der Waals surface area (Å²) in [6.07, 6.45) is 8.46. The van der Waals surface area contributed by atoms with Crippen molar-refractivity contribution in [3.8, 4) is 0 Å². The van der Waals surface area contributed by atoms with E-state index in [9.17, 15) is 9.59 Å². The molecule has 0 bridgehead atoms. The Morgan fingerprint density at radius 2 is 2.08 bits per heavy atom. The Hall–Kier alpha value is -2.15.